The second-order valence-electron chi connectivity index (χ2n) is 10.4. The van der Waals surface area contributed by atoms with Crippen LogP contribution in [0.5, 0.6) is 5.75 Å². The number of tetrazole rings is 1. The second kappa shape index (κ2) is 12.6. The number of H-pyrrole nitrogens is 1. The van der Waals surface area contributed by atoms with E-state index in [0.717, 1.165) is 11.1 Å². The molecule has 0 spiro atoms. The zero-order chi connectivity index (χ0) is 30.7. The Morgan fingerprint density at radius 2 is 2.02 bits per heavy atom. The standard InChI is InChI=1S/C27H29N7O7S2/c1-15-4-9-20(10-16(15)2)40-12-21(35)28-22-23(36)33-13-27(14-42-24(22)33,17(3)43-26-29-31-32-30-26)25(37)41-11-18-5-7-19(8-6-18)34(38)39/h4-10,17,22,24H,11-14H2,1-3H3,(H,28,35)(H,29,30,31,32)/t17?,22?,24-,27?/m1/s1. The first kappa shape index (κ1) is 30.3. The zero-order valence-corrected chi connectivity index (χ0v) is 25.1. The summed E-state index contributed by atoms with van der Waals surface area (Å²) in [6.07, 6.45) is 0. The van der Waals surface area contributed by atoms with Crippen LogP contribution in [0.3, 0.4) is 0 Å². The molecule has 1 aromatic heterocycles. The first-order valence-electron chi connectivity index (χ1n) is 13.3. The number of thioether (sulfide) groups is 2. The van der Waals surface area contributed by atoms with Crippen molar-refractivity contribution in [3.63, 3.8) is 0 Å². The lowest BCUT2D eigenvalue weighted by Gasteiger charge is -2.55. The number of β-lactam (4-membered cyclic amide) rings is 1. The fourth-order valence-electron chi connectivity index (χ4n) is 4.78. The lowest BCUT2D eigenvalue weighted by molar-refractivity contribution is -0.384. The maximum Gasteiger partial charge on any atom is 0.316 e. The molecule has 2 N–H and O–H groups in total. The van der Waals surface area contributed by atoms with Crippen LogP contribution >= 0.6 is 23.5 Å². The molecule has 2 saturated heterocycles. The summed E-state index contributed by atoms with van der Waals surface area (Å²) in [5.41, 5.74) is 1.54. The molecule has 16 heteroatoms. The first-order chi connectivity index (χ1) is 20.6. The molecule has 2 amide bonds. The highest BCUT2D eigenvalue weighted by Gasteiger charge is 2.59. The van der Waals surface area contributed by atoms with Crippen LogP contribution in [0.2, 0.25) is 0 Å². The molecule has 0 aliphatic carbocycles. The van der Waals surface area contributed by atoms with Crippen LogP contribution in [0.1, 0.15) is 23.6 Å². The van der Waals surface area contributed by atoms with Crippen LogP contribution < -0.4 is 10.1 Å². The van der Waals surface area contributed by atoms with Gasteiger partial charge < -0.3 is 19.7 Å². The molecule has 2 aromatic carbocycles. The number of amides is 2. The number of nitro benzene ring substituents is 1. The van der Waals surface area contributed by atoms with E-state index in [4.69, 9.17) is 9.47 Å². The third-order valence-electron chi connectivity index (χ3n) is 7.58. The number of aromatic amines is 1. The first-order valence-corrected chi connectivity index (χ1v) is 15.2. The van der Waals surface area contributed by atoms with E-state index in [-0.39, 0.29) is 36.7 Å². The van der Waals surface area contributed by atoms with Gasteiger partial charge in [-0.1, -0.05) is 24.8 Å². The van der Waals surface area contributed by atoms with E-state index >= 15 is 0 Å². The number of rotatable bonds is 11. The van der Waals surface area contributed by atoms with Gasteiger partial charge in [0.25, 0.3) is 11.6 Å². The Morgan fingerprint density at radius 3 is 2.70 bits per heavy atom. The van der Waals surface area contributed by atoms with Crippen LogP contribution in [-0.2, 0) is 25.7 Å². The van der Waals surface area contributed by atoms with Crippen molar-refractivity contribution in [3.05, 3.63) is 69.3 Å². The number of benzene rings is 2. The molecule has 0 saturated carbocycles. The number of esters is 1. The Morgan fingerprint density at radius 1 is 1.26 bits per heavy atom. The van der Waals surface area contributed by atoms with Gasteiger partial charge in [0.1, 0.15) is 29.2 Å². The predicted molar refractivity (Wildman–Crippen MR) is 156 cm³/mol. The number of non-ortho nitro benzene ring substituents is 1. The van der Waals surface area contributed by atoms with E-state index in [2.05, 4.69) is 25.9 Å². The van der Waals surface area contributed by atoms with Crippen molar-refractivity contribution in [2.45, 2.75) is 49.2 Å². The molecular weight excluding hydrogens is 598 g/mol. The Kier molecular flexibility index (Phi) is 8.87. The molecule has 2 aliphatic heterocycles. The van der Waals surface area contributed by atoms with E-state index in [1.54, 1.807) is 11.0 Å². The zero-order valence-electron chi connectivity index (χ0n) is 23.5. The SMILES string of the molecule is Cc1ccc(OCC(=O)NC2C(=O)N3CC(C(=O)OCc4ccc([N+](=O)[O-])cc4)(C(C)Sc4nn[nH]n4)CS[C@H]23)cc1C. The van der Waals surface area contributed by atoms with Gasteiger partial charge in [-0.05, 0) is 60.0 Å². The molecule has 0 bridgehead atoms. The summed E-state index contributed by atoms with van der Waals surface area (Å²) in [7, 11) is 0. The summed E-state index contributed by atoms with van der Waals surface area (Å²) in [6.45, 7) is 5.51. The van der Waals surface area contributed by atoms with Crippen LogP contribution in [0.4, 0.5) is 5.69 Å². The van der Waals surface area contributed by atoms with Gasteiger partial charge in [-0.2, -0.15) is 5.21 Å². The van der Waals surface area contributed by atoms with Crippen molar-refractivity contribution >= 4 is 47.0 Å². The lowest BCUT2D eigenvalue weighted by atomic mass is 9.84. The normalized spacial score (nSPS) is 21.7. The molecule has 5 rings (SSSR count). The summed E-state index contributed by atoms with van der Waals surface area (Å²) in [6, 6.07) is 10.5. The van der Waals surface area contributed by atoms with E-state index in [9.17, 15) is 24.5 Å². The average molecular weight is 628 g/mol. The molecule has 3 unspecified atom stereocenters. The highest BCUT2D eigenvalue weighted by atomic mass is 32.2. The van der Waals surface area contributed by atoms with Gasteiger partial charge in [-0.3, -0.25) is 24.5 Å². The Bertz CT molecular complexity index is 1520. The number of fused-ring (bicyclic) bond motifs is 1. The average Bonchev–Trinajstić information content (AvgIpc) is 3.52. The summed E-state index contributed by atoms with van der Waals surface area (Å²) >= 11 is 2.61. The van der Waals surface area contributed by atoms with Crippen molar-refractivity contribution in [3.8, 4) is 5.75 Å². The molecule has 226 valence electrons. The van der Waals surface area contributed by atoms with Crippen molar-refractivity contribution in [1.29, 1.82) is 0 Å². The largest absolute Gasteiger partial charge is 0.484 e. The minimum absolute atomic E-state index is 0.0684. The number of aromatic nitrogens is 4. The minimum Gasteiger partial charge on any atom is -0.484 e. The monoisotopic (exact) mass is 627 g/mol. The summed E-state index contributed by atoms with van der Waals surface area (Å²) in [4.78, 5) is 51.6. The molecular formula is C27H29N7O7S2. The van der Waals surface area contributed by atoms with Crippen LogP contribution in [0.15, 0.2) is 47.6 Å². The number of carbonyl (C=O) groups is 3. The third-order valence-corrected chi connectivity index (χ3v) is 10.3. The van der Waals surface area contributed by atoms with E-state index in [0.29, 0.717) is 22.2 Å². The van der Waals surface area contributed by atoms with Crippen molar-refractivity contribution in [2.24, 2.45) is 5.41 Å². The van der Waals surface area contributed by atoms with Crippen LogP contribution in [0.25, 0.3) is 0 Å². The third kappa shape index (κ3) is 6.44. The minimum atomic E-state index is -1.13. The van der Waals surface area contributed by atoms with Gasteiger partial charge in [0, 0.05) is 29.7 Å². The molecule has 14 nitrogen and oxygen atoms in total. The van der Waals surface area contributed by atoms with Gasteiger partial charge in [-0.15, -0.1) is 22.0 Å². The molecule has 0 radical (unpaired) electrons. The Labute approximate surface area is 254 Å². The number of hydrogen-bond acceptors (Lipinski definition) is 12. The quantitative estimate of drug-likeness (QED) is 0.104. The van der Waals surface area contributed by atoms with Gasteiger partial charge >= 0.3 is 5.97 Å². The van der Waals surface area contributed by atoms with E-state index in [1.807, 2.05) is 32.9 Å². The number of carbonyl (C=O) groups excluding carboxylic acids is 3. The molecule has 43 heavy (non-hydrogen) atoms. The van der Waals surface area contributed by atoms with Crippen molar-refractivity contribution in [2.75, 3.05) is 18.9 Å². The summed E-state index contributed by atoms with van der Waals surface area (Å²) in [5.74, 6) is -0.379. The molecule has 3 aromatic rings. The Balaban J connectivity index is 1.24. The molecule has 2 aliphatic rings. The molecule has 4 atom stereocenters. The smallest absolute Gasteiger partial charge is 0.316 e. The number of hydrogen-bond donors (Lipinski definition) is 2. The van der Waals surface area contributed by atoms with Gasteiger partial charge in [0.15, 0.2) is 6.61 Å². The maximum atomic E-state index is 13.7. The summed E-state index contributed by atoms with van der Waals surface area (Å²) in [5, 5.41) is 27.2. The number of nitro groups is 1. The highest BCUT2D eigenvalue weighted by molar-refractivity contribution is 8.01. The highest BCUT2D eigenvalue weighted by Crippen LogP contribution is 2.48. The van der Waals surface area contributed by atoms with Crippen molar-refractivity contribution in [1.82, 2.24) is 30.8 Å². The van der Waals surface area contributed by atoms with Gasteiger partial charge in [-0.25, -0.2) is 0 Å². The number of nitrogens with one attached hydrogen (secondary N) is 2. The molecule has 3 heterocycles. The van der Waals surface area contributed by atoms with Crippen LogP contribution in [0, 0.1) is 29.4 Å². The summed E-state index contributed by atoms with van der Waals surface area (Å²) < 4.78 is 11.3. The van der Waals surface area contributed by atoms with Gasteiger partial charge in [0.05, 0.1) is 4.92 Å². The topological polar surface area (TPSA) is 183 Å². The lowest BCUT2D eigenvalue weighted by Crippen LogP contribution is -2.74. The van der Waals surface area contributed by atoms with Crippen molar-refractivity contribution < 1.29 is 28.8 Å². The number of aryl methyl sites for hydroxylation is 2. The van der Waals surface area contributed by atoms with E-state index in [1.165, 1.54) is 47.8 Å². The number of nitrogens with zero attached hydrogens (tertiary/aromatic N) is 5. The number of ether oxygens (including phenoxy) is 2. The maximum absolute atomic E-state index is 13.7. The fraction of sp³-hybridized carbons (Fsp3) is 0.407. The van der Waals surface area contributed by atoms with Crippen LogP contribution in [-0.4, -0.2) is 83.8 Å². The van der Waals surface area contributed by atoms with Gasteiger partial charge in [0.2, 0.25) is 11.1 Å². The second-order valence-corrected chi connectivity index (χ2v) is 12.8. The predicted octanol–water partition coefficient (Wildman–Crippen LogP) is 2.41. The fourth-order valence-corrected chi connectivity index (χ4v) is 7.52. The van der Waals surface area contributed by atoms with E-state index < -0.39 is 33.5 Å². The Hall–Kier alpha value is -4.18. The molecule has 2 fully saturated rings.